The molecule has 1 aliphatic rings. The number of thioether (sulfide) groups is 1. The average molecular weight is 293 g/mol. The standard InChI is InChI=1S/C15H16FNO2S/c1-11-10-17(6-8-20-11)15(19)13-5-4-12(3-2-7-18)14(16)9-13/h4-5,9,11,18H,6-8,10H2,1H3. The molecule has 0 saturated carbocycles. The lowest BCUT2D eigenvalue weighted by Gasteiger charge is -2.30. The lowest BCUT2D eigenvalue weighted by molar-refractivity contribution is 0.0762. The summed E-state index contributed by atoms with van der Waals surface area (Å²) in [5.74, 6) is 5.14. The van der Waals surface area contributed by atoms with Crippen molar-refractivity contribution in [2.24, 2.45) is 0 Å². The van der Waals surface area contributed by atoms with E-state index in [0.29, 0.717) is 23.9 Å². The molecule has 5 heteroatoms. The van der Waals surface area contributed by atoms with E-state index in [4.69, 9.17) is 5.11 Å². The van der Waals surface area contributed by atoms with Crippen molar-refractivity contribution in [2.75, 3.05) is 25.4 Å². The fourth-order valence-electron chi connectivity index (χ4n) is 2.07. The first-order chi connectivity index (χ1) is 9.61. The minimum Gasteiger partial charge on any atom is -0.384 e. The number of halogens is 1. The highest BCUT2D eigenvalue weighted by molar-refractivity contribution is 7.99. The van der Waals surface area contributed by atoms with Crippen LogP contribution in [-0.4, -0.2) is 46.6 Å². The fraction of sp³-hybridized carbons (Fsp3) is 0.400. The first-order valence-electron chi connectivity index (χ1n) is 6.42. The second-order valence-electron chi connectivity index (χ2n) is 4.59. The number of benzene rings is 1. The zero-order chi connectivity index (χ0) is 14.5. The van der Waals surface area contributed by atoms with Crippen LogP contribution in [0.15, 0.2) is 18.2 Å². The Balaban J connectivity index is 2.16. The van der Waals surface area contributed by atoms with Crippen LogP contribution in [-0.2, 0) is 0 Å². The lowest BCUT2D eigenvalue weighted by atomic mass is 10.1. The first kappa shape index (κ1) is 14.9. The number of aliphatic hydroxyl groups excluding tert-OH is 1. The molecular weight excluding hydrogens is 277 g/mol. The Morgan fingerprint density at radius 1 is 1.60 bits per heavy atom. The van der Waals surface area contributed by atoms with Crippen LogP contribution in [0.25, 0.3) is 0 Å². The predicted octanol–water partition coefficient (Wildman–Crippen LogP) is 1.75. The summed E-state index contributed by atoms with van der Waals surface area (Å²) in [5, 5.41) is 9.01. The minimum atomic E-state index is -0.531. The molecule has 20 heavy (non-hydrogen) atoms. The van der Waals surface area contributed by atoms with Crippen LogP contribution in [0.5, 0.6) is 0 Å². The van der Waals surface area contributed by atoms with Crippen molar-refractivity contribution in [2.45, 2.75) is 12.2 Å². The molecule has 0 radical (unpaired) electrons. The monoisotopic (exact) mass is 293 g/mol. The van der Waals surface area contributed by atoms with Gasteiger partial charge in [0.15, 0.2) is 0 Å². The van der Waals surface area contributed by atoms with Gasteiger partial charge < -0.3 is 10.0 Å². The van der Waals surface area contributed by atoms with Crippen molar-refractivity contribution in [3.8, 4) is 11.8 Å². The van der Waals surface area contributed by atoms with Crippen LogP contribution in [0, 0.1) is 17.7 Å². The molecule has 1 atom stereocenters. The normalized spacial score (nSPS) is 18.4. The zero-order valence-corrected chi connectivity index (χ0v) is 12.0. The van der Waals surface area contributed by atoms with E-state index in [9.17, 15) is 9.18 Å². The van der Waals surface area contributed by atoms with E-state index in [2.05, 4.69) is 18.8 Å². The SMILES string of the molecule is CC1CN(C(=O)c2ccc(C#CCO)c(F)c2)CCS1. The van der Waals surface area contributed by atoms with Crippen LogP contribution in [0.3, 0.4) is 0 Å². The third kappa shape index (κ3) is 3.53. The van der Waals surface area contributed by atoms with Crippen molar-refractivity contribution >= 4 is 17.7 Å². The maximum Gasteiger partial charge on any atom is 0.254 e. The third-order valence-electron chi connectivity index (χ3n) is 3.05. The largest absolute Gasteiger partial charge is 0.384 e. The zero-order valence-electron chi connectivity index (χ0n) is 11.2. The summed E-state index contributed by atoms with van der Waals surface area (Å²) in [6.07, 6.45) is 0. The third-order valence-corrected chi connectivity index (χ3v) is 4.18. The van der Waals surface area contributed by atoms with Gasteiger partial charge in [0, 0.05) is 29.7 Å². The molecule has 0 spiro atoms. The smallest absolute Gasteiger partial charge is 0.254 e. The van der Waals surface area contributed by atoms with E-state index < -0.39 is 5.82 Å². The topological polar surface area (TPSA) is 40.5 Å². The first-order valence-corrected chi connectivity index (χ1v) is 7.47. The summed E-state index contributed by atoms with van der Waals surface area (Å²) >= 11 is 1.84. The van der Waals surface area contributed by atoms with Gasteiger partial charge in [-0.25, -0.2) is 4.39 Å². The molecule has 106 valence electrons. The van der Waals surface area contributed by atoms with Gasteiger partial charge in [-0.3, -0.25) is 4.79 Å². The molecule has 1 aromatic rings. The minimum absolute atomic E-state index is 0.141. The molecule has 1 aromatic carbocycles. The van der Waals surface area contributed by atoms with Crippen molar-refractivity contribution < 1.29 is 14.3 Å². The van der Waals surface area contributed by atoms with Gasteiger partial charge >= 0.3 is 0 Å². The highest BCUT2D eigenvalue weighted by atomic mass is 32.2. The summed E-state index contributed by atoms with van der Waals surface area (Å²) < 4.78 is 13.8. The molecule has 3 nitrogen and oxygen atoms in total. The summed E-state index contributed by atoms with van der Waals surface area (Å²) in [4.78, 5) is 14.1. The van der Waals surface area contributed by atoms with Crippen molar-refractivity contribution in [1.82, 2.24) is 4.90 Å². The second kappa shape index (κ2) is 6.78. The van der Waals surface area contributed by atoms with Crippen molar-refractivity contribution in [3.05, 3.63) is 35.1 Å². The number of carbonyl (C=O) groups excluding carboxylic acids is 1. The second-order valence-corrected chi connectivity index (χ2v) is 6.13. The maximum absolute atomic E-state index is 13.8. The Morgan fingerprint density at radius 3 is 3.05 bits per heavy atom. The number of nitrogens with zero attached hydrogens (tertiary/aromatic N) is 1. The number of rotatable bonds is 1. The van der Waals surface area contributed by atoms with Crippen molar-refractivity contribution in [1.29, 1.82) is 0 Å². The average Bonchev–Trinajstić information content (AvgIpc) is 2.45. The molecule has 0 aromatic heterocycles. The number of hydrogen-bond acceptors (Lipinski definition) is 3. The molecule has 1 amide bonds. The van der Waals surface area contributed by atoms with Gasteiger partial charge in [-0.1, -0.05) is 18.8 Å². The molecule has 0 aliphatic carbocycles. The molecule has 1 N–H and O–H groups in total. The summed E-state index contributed by atoms with van der Waals surface area (Å²) in [6.45, 7) is 3.15. The van der Waals surface area contributed by atoms with Gasteiger partial charge in [0.05, 0.1) is 5.56 Å². The van der Waals surface area contributed by atoms with Crippen LogP contribution in [0.4, 0.5) is 4.39 Å². The van der Waals surface area contributed by atoms with Gasteiger partial charge in [-0.15, -0.1) is 0 Å². The van der Waals surface area contributed by atoms with E-state index in [1.807, 2.05) is 11.8 Å². The van der Waals surface area contributed by atoms with E-state index in [1.165, 1.54) is 12.1 Å². The Kier molecular flexibility index (Phi) is 5.05. The van der Waals surface area contributed by atoms with E-state index >= 15 is 0 Å². The highest BCUT2D eigenvalue weighted by Crippen LogP contribution is 2.20. The number of hydrogen-bond donors (Lipinski definition) is 1. The molecular formula is C15H16FNO2S. The Morgan fingerprint density at radius 2 is 2.40 bits per heavy atom. The van der Waals surface area contributed by atoms with Crippen LogP contribution in [0.2, 0.25) is 0 Å². The Hall–Kier alpha value is -1.51. The molecule has 1 saturated heterocycles. The van der Waals surface area contributed by atoms with Crippen molar-refractivity contribution in [3.63, 3.8) is 0 Å². The predicted molar refractivity (Wildman–Crippen MR) is 78.2 cm³/mol. The molecule has 1 unspecified atom stereocenters. The summed E-state index contributed by atoms with van der Waals surface area (Å²) in [7, 11) is 0. The van der Waals surface area contributed by atoms with E-state index in [1.54, 1.807) is 11.0 Å². The van der Waals surface area contributed by atoms with E-state index in [0.717, 1.165) is 5.75 Å². The molecule has 1 heterocycles. The van der Waals surface area contributed by atoms with E-state index in [-0.39, 0.29) is 18.1 Å². The fourth-order valence-corrected chi connectivity index (χ4v) is 3.08. The Bertz CT molecular complexity index is 565. The molecule has 1 fully saturated rings. The van der Waals surface area contributed by atoms with Gasteiger partial charge in [-0.05, 0) is 18.2 Å². The van der Waals surface area contributed by atoms with Crippen LogP contribution < -0.4 is 0 Å². The lowest BCUT2D eigenvalue weighted by Crippen LogP contribution is -2.41. The highest BCUT2D eigenvalue weighted by Gasteiger charge is 2.22. The van der Waals surface area contributed by atoms with Gasteiger partial charge in [0.2, 0.25) is 0 Å². The van der Waals surface area contributed by atoms with Gasteiger partial charge in [-0.2, -0.15) is 11.8 Å². The number of amides is 1. The molecule has 0 bridgehead atoms. The number of carbonyl (C=O) groups is 1. The quantitative estimate of drug-likeness (QED) is 0.802. The summed E-state index contributed by atoms with van der Waals surface area (Å²) in [6, 6.07) is 4.28. The Labute approximate surface area is 122 Å². The maximum atomic E-state index is 13.8. The molecule has 2 rings (SSSR count). The van der Waals surface area contributed by atoms with Crippen LogP contribution in [0.1, 0.15) is 22.8 Å². The number of aliphatic hydroxyl groups is 1. The van der Waals surface area contributed by atoms with Gasteiger partial charge in [0.1, 0.15) is 12.4 Å². The molecule has 1 aliphatic heterocycles. The van der Waals surface area contributed by atoms with Crippen LogP contribution >= 0.6 is 11.8 Å². The summed E-state index contributed by atoms with van der Waals surface area (Å²) in [5.41, 5.74) is 0.536. The van der Waals surface area contributed by atoms with Gasteiger partial charge in [0.25, 0.3) is 5.91 Å².